The molecule has 1 amide bonds. The zero-order chi connectivity index (χ0) is 13.8. The first-order valence-corrected chi connectivity index (χ1v) is 5.94. The van der Waals surface area contributed by atoms with Crippen LogP contribution in [0.15, 0.2) is 0 Å². The van der Waals surface area contributed by atoms with E-state index in [0.29, 0.717) is 18.7 Å². The average molecular weight is 268 g/mol. The molecule has 19 heavy (non-hydrogen) atoms. The van der Waals surface area contributed by atoms with E-state index >= 15 is 0 Å². The Morgan fingerprint density at radius 1 is 1.53 bits per heavy atom. The number of hydrogen-bond donors (Lipinski definition) is 1. The Morgan fingerprint density at radius 2 is 2.32 bits per heavy atom. The lowest BCUT2D eigenvalue weighted by Crippen LogP contribution is -2.30. The number of amides is 1. The Kier molecular flexibility index (Phi) is 4.10. The van der Waals surface area contributed by atoms with Crippen molar-refractivity contribution in [3.05, 3.63) is 11.4 Å². The van der Waals surface area contributed by atoms with Crippen LogP contribution < -0.4 is 5.32 Å². The molecule has 104 valence electrons. The van der Waals surface area contributed by atoms with Gasteiger partial charge in [0.05, 0.1) is 26.0 Å². The van der Waals surface area contributed by atoms with Crippen LogP contribution >= 0.6 is 0 Å². The fourth-order valence-corrected chi connectivity index (χ4v) is 2.04. The maximum Gasteiger partial charge on any atom is 0.360 e. The maximum absolute atomic E-state index is 11.5. The number of ether oxygens (including phenoxy) is 2. The number of methoxy groups -OCH3 is 2. The number of rotatable bonds is 5. The number of nitrogens with zero attached hydrogens (tertiary/aromatic N) is 3. The van der Waals surface area contributed by atoms with Crippen LogP contribution in [-0.4, -0.2) is 47.1 Å². The zero-order valence-corrected chi connectivity index (χ0v) is 10.9. The van der Waals surface area contributed by atoms with E-state index in [1.807, 2.05) is 0 Å². The zero-order valence-electron chi connectivity index (χ0n) is 10.9. The molecule has 0 aliphatic carbocycles. The van der Waals surface area contributed by atoms with Crippen molar-refractivity contribution in [2.45, 2.75) is 32.0 Å². The molecule has 2 rings (SSSR count). The number of nitrogens with one attached hydrogen (secondary N) is 1. The predicted octanol–water partition coefficient (Wildman–Crippen LogP) is -0.510. The molecule has 1 saturated heterocycles. The van der Waals surface area contributed by atoms with Gasteiger partial charge in [-0.05, 0) is 6.42 Å². The standard InChI is InChI=1S/C11H16N4O4/c1-18-6-8-10(11(17)19-2)13-14-15(8)5-7-3-4-9(16)12-7/h7H,3-6H2,1-2H3,(H,12,16). The highest BCUT2D eigenvalue weighted by Crippen LogP contribution is 2.13. The van der Waals surface area contributed by atoms with Crippen LogP contribution in [-0.2, 0) is 27.4 Å². The molecule has 1 N–H and O–H groups in total. The second-order valence-corrected chi connectivity index (χ2v) is 4.29. The van der Waals surface area contributed by atoms with Gasteiger partial charge in [0.15, 0.2) is 5.69 Å². The number of aromatic nitrogens is 3. The first-order valence-electron chi connectivity index (χ1n) is 5.94. The van der Waals surface area contributed by atoms with Crippen molar-refractivity contribution in [2.24, 2.45) is 0 Å². The van der Waals surface area contributed by atoms with Crippen molar-refractivity contribution in [3.63, 3.8) is 0 Å². The summed E-state index contributed by atoms with van der Waals surface area (Å²) in [5.41, 5.74) is 0.698. The summed E-state index contributed by atoms with van der Waals surface area (Å²) in [6, 6.07) is 0.00954. The Morgan fingerprint density at radius 3 is 2.89 bits per heavy atom. The molecule has 0 aromatic carbocycles. The van der Waals surface area contributed by atoms with Gasteiger partial charge in [0.1, 0.15) is 0 Å². The van der Waals surface area contributed by atoms with Gasteiger partial charge in [-0.25, -0.2) is 9.48 Å². The second-order valence-electron chi connectivity index (χ2n) is 4.29. The molecule has 1 aliphatic heterocycles. The number of carbonyl (C=O) groups is 2. The molecule has 0 bridgehead atoms. The minimum absolute atomic E-state index is 0.00954. The first kappa shape index (κ1) is 13.5. The molecule has 0 spiro atoms. The second kappa shape index (κ2) is 5.79. The third-order valence-corrected chi connectivity index (χ3v) is 2.98. The summed E-state index contributed by atoms with van der Waals surface area (Å²) in [4.78, 5) is 22.7. The van der Waals surface area contributed by atoms with Gasteiger partial charge < -0.3 is 14.8 Å². The van der Waals surface area contributed by atoms with E-state index in [0.717, 1.165) is 6.42 Å². The van der Waals surface area contributed by atoms with Crippen LogP contribution in [0.2, 0.25) is 0 Å². The van der Waals surface area contributed by atoms with Gasteiger partial charge >= 0.3 is 5.97 Å². The van der Waals surface area contributed by atoms with Crippen molar-refractivity contribution in [1.29, 1.82) is 0 Å². The lowest BCUT2D eigenvalue weighted by atomic mass is 10.2. The normalized spacial score (nSPS) is 18.4. The van der Waals surface area contributed by atoms with Crippen molar-refractivity contribution in [2.75, 3.05) is 14.2 Å². The molecule has 1 aromatic heterocycles. The minimum Gasteiger partial charge on any atom is -0.464 e. The molecular weight excluding hydrogens is 252 g/mol. The lowest BCUT2D eigenvalue weighted by Gasteiger charge is -2.12. The van der Waals surface area contributed by atoms with Gasteiger partial charge in [-0.1, -0.05) is 5.21 Å². The molecule has 0 saturated carbocycles. The van der Waals surface area contributed by atoms with Gasteiger partial charge in [0.2, 0.25) is 5.91 Å². The van der Waals surface area contributed by atoms with Gasteiger partial charge in [-0.3, -0.25) is 4.79 Å². The molecule has 2 heterocycles. The van der Waals surface area contributed by atoms with Gasteiger partial charge in [0.25, 0.3) is 0 Å². The summed E-state index contributed by atoms with van der Waals surface area (Å²) in [5.74, 6) is -0.514. The van der Waals surface area contributed by atoms with Gasteiger partial charge in [0, 0.05) is 19.6 Å². The minimum atomic E-state index is -0.547. The smallest absolute Gasteiger partial charge is 0.360 e. The average Bonchev–Trinajstić information content (AvgIpc) is 2.97. The first-order chi connectivity index (χ1) is 9.15. The van der Waals surface area contributed by atoms with E-state index in [1.165, 1.54) is 14.2 Å². The van der Waals surface area contributed by atoms with Crippen LogP contribution in [0.3, 0.4) is 0 Å². The molecule has 1 aromatic rings. The van der Waals surface area contributed by atoms with Crippen LogP contribution in [0, 0.1) is 0 Å². The quantitative estimate of drug-likeness (QED) is 0.723. The van der Waals surface area contributed by atoms with Gasteiger partial charge in [-0.15, -0.1) is 5.10 Å². The fraction of sp³-hybridized carbons (Fsp3) is 0.636. The van der Waals surface area contributed by atoms with E-state index in [2.05, 4.69) is 20.4 Å². The van der Waals surface area contributed by atoms with Crippen LogP contribution in [0.25, 0.3) is 0 Å². The van der Waals surface area contributed by atoms with Crippen molar-refractivity contribution in [1.82, 2.24) is 20.3 Å². The van der Waals surface area contributed by atoms with Crippen molar-refractivity contribution < 1.29 is 19.1 Å². The molecule has 1 fully saturated rings. The summed E-state index contributed by atoms with van der Waals surface area (Å²) in [7, 11) is 2.81. The maximum atomic E-state index is 11.5. The third kappa shape index (κ3) is 2.90. The highest BCUT2D eigenvalue weighted by atomic mass is 16.5. The van der Waals surface area contributed by atoms with Crippen molar-refractivity contribution in [3.8, 4) is 0 Å². The summed E-state index contributed by atoms with van der Waals surface area (Å²) in [6.07, 6.45) is 1.27. The Balaban J connectivity index is 2.17. The number of hydrogen-bond acceptors (Lipinski definition) is 6. The highest BCUT2D eigenvalue weighted by Gasteiger charge is 2.25. The molecule has 0 radical (unpaired) electrons. The third-order valence-electron chi connectivity index (χ3n) is 2.98. The molecular formula is C11H16N4O4. The van der Waals surface area contributed by atoms with Crippen molar-refractivity contribution >= 4 is 11.9 Å². The Labute approximate surface area is 110 Å². The molecule has 1 aliphatic rings. The van der Waals surface area contributed by atoms with Crippen LogP contribution in [0.4, 0.5) is 0 Å². The van der Waals surface area contributed by atoms with E-state index < -0.39 is 5.97 Å². The van der Waals surface area contributed by atoms with Crippen LogP contribution in [0.1, 0.15) is 29.0 Å². The monoisotopic (exact) mass is 268 g/mol. The summed E-state index contributed by atoms with van der Waals surface area (Å²) < 4.78 is 11.3. The van der Waals surface area contributed by atoms with Gasteiger partial charge in [-0.2, -0.15) is 0 Å². The van der Waals surface area contributed by atoms with E-state index in [-0.39, 0.29) is 24.2 Å². The SMILES string of the molecule is COCc1c(C(=O)OC)nnn1CC1CCC(=O)N1. The highest BCUT2D eigenvalue weighted by molar-refractivity contribution is 5.88. The van der Waals surface area contributed by atoms with Crippen LogP contribution in [0.5, 0.6) is 0 Å². The largest absolute Gasteiger partial charge is 0.464 e. The van der Waals surface area contributed by atoms with E-state index in [9.17, 15) is 9.59 Å². The number of carbonyl (C=O) groups excluding carboxylic acids is 2. The lowest BCUT2D eigenvalue weighted by molar-refractivity contribution is -0.119. The molecule has 1 unspecified atom stereocenters. The predicted molar refractivity (Wildman–Crippen MR) is 63.2 cm³/mol. The topological polar surface area (TPSA) is 95.3 Å². The number of esters is 1. The Bertz CT molecular complexity index is 485. The summed E-state index contributed by atoms with van der Waals surface area (Å²) in [6.45, 7) is 0.673. The fourth-order valence-electron chi connectivity index (χ4n) is 2.04. The van der Waals surface area contributed by atoms with E-state index in [1.54, 1.807) is 4.68 Å². The Hall–Kier alpha value is -1.96. The summed E-state index contributed by atoms with van der Waals surface area (Å²) in [5, 5.41) is 10.6. The summed E-state index contributed by atoms with van der Waals surface area (Å²) >= 11 is 0. The molecule has 8 nitrogen and oxygen atoms in total. The molecule has 1 atom stereocenters. The molecule has 8 heteroatoms. The van der Waals surface area contributed by atoms with E-state index in [4.69, 9.17) is 4.74 Å².